The lowest BCUT2D eigenvalue weighted by atomic mass is 9.51. The fraction of sp³-hybridized carbons (Fsp3) is 0.571. The van der Waals surface area contributed by atoms with Crippen molar-refractivity contribution in [1.29, 1.82) is 0 Å². The highest BCUT2D eigenvalue weighted by Crippen LogP contribution is 2.60. The molecule has 1 amide bonds. The molecular weight excluding hydrogens is 446 g/mol. The largest absolute Gasteiger partial charge is 0.389 e. The van der Waals surface area contributed by atoms with Crippen molar-refractivity contribution in [3.8, 4) is 0 Å². The van der Waals surface area contributed by atoms with E-state index in [2.05, 4.69) is 11.9 Å². The minimum Gasteiger partial charge on any atom is -0.389 e. The maximum atomic E-state index is 13.9. The zero-order valence-corrected chi connectivity index (χ0v) is 20.4. The average molecular weight is 482 g/mol. The van der Waals surface area contributed by atoms with Crippen LogP contribution in [0.4, 0.5) is 0 Å². The number of carbonyl (C=O) groups excluding carboxylic acids is 2. The number of aliphatic hydroxyl groups is 3. The molecule has 2 aliphatic carbocycles. The molecule has 1 saturated carbocycles. The molecule has 1 aromatic rings. The van der Waals surface area contributed by atoms with Gasteiger partial charge in [-0.25, -0.2) is 0 Å². The lowest BCUT2D eigenvalue weighted by molar-refractivity contribution is -0.154. The van der Waals surface area contributed by atoms with E-state index >= 15 is 0 Å². The Kier molecular flexibility index (Phi) is 5.83. The summed E-state index contributed by atoms with van der Waals surface area (Å²) in [6.45, 7) is 9.28. The number of hydrogen-bond donors (Lipinski definition) is 4. The van der Waals surface area contributed by atoms with E-state index in [-0.39, 0.29) is 29.6 Å². The lowest BCUT2D eigenvalue weighted by Gasteiger charge is -2.52. The number of rotatable bonds is 2. The van der Waals surface area contributed by atoms with E-state index in [9.17, 15) is 24.9 Å². The summed E-state index contributed by atoms with van der Waals surface area (Å²) in [7, 11) is 0. The summed E-state index contributed by atoms with van der Waals surface area (Å²) in [5.74, 6) is -2.57. The first-order valence-electron chi connectivity index (χ1n) is 12.5. The highest BCUT2D eigenvalue weighted by atomic mass is 16.6. The molecule has 5 rings (SSSR count). The Morgan fingerprint density at radius 1 is 1.17 bits per heavy atom. The van der Waals surface area contributed by atoms with Gasteiger partial charge < -0.3 is 25.4 Å². The maximum Gasteiger partial charge on any atom is 0.230 e. The zero-order chi connectivity index (χ0) is 25.3. The molecule has 2 aliphatic heterocycles. The van der Waals surface area contributed by atoms with Crippen molar-refractivity contribution in [2.24, 2.45) is 29.1 Å². The van der Waals surface area contributed by atoms with Gasteiger partial charge in [-0.3, -0.25) is 9.59 Å². The van der Waals surface area contributed by atoms with Crippen LogP contribution in [0.3, 0.4) is 0 Å². The van der Waals surface area contributed by atoms with Crippen molar-refractivity contribution in [1.82, 2.24) is 5.32 Å². The highest BCUT2D eigenvalue weighted by Gasteiger charge is 2.73. The van der Waals surface area contributed by atoms with Crippen LogP contribution in [0.5, 0.6) is 0 Å². The van der Waals surface area contributed by atoms with E-state index in [0.717, 1.165) is 5.56 Å². The van der Waals surface area contributed by atoms with Crippen LogP contribution in [0.1, 0.15) is 32.8 Å². The molecule has 0 aromatic heterocycles. The Hall–Kier alpha value is -2.32. The van der Waals surface area contributed by atoms with E-state index < -0.39 is 47.3 Å². The van der Waals surface area contributed by atoms with Crippen molar-refractivity contribution in [2.45, 2.75) is 69.7 Å². The van der Waals surface area contributed by atoms with Gasteiger partial charge in [-0.2, -0.15) is 0 Å². The second-order valence-electron chi connectivity index (χ2n) is 11.1. The van der Waals surface area contributed by atoms with Gasteiger partial charge in [0.1, 0.15) is 17.8 Å². The van der Waals surface area contributed by atoms with Crippen LogP contribution in [-0.4, -0.2) is 63.1 Å². The van der Waals surface area contributed by atoms with E-state index in [0.29, 0.717) is 18.4 Å². The molecule has 1 spiro atoms. The predicted molar refractivity (Wildman–Crippen MR) is 129 cm³/mol. The molecule has 2 saturated heterocycles. The number of allylic oxidation sites excluding steroid dienone is 1. The average Bonchev–Trinajstić information content (AvgIpc) is 3.59. The third-order valence-corrected chi connectivity index (χ3v) is 9.05. The van der Waals surface area contributed by atoms with Gasteiger partial charge in [-0.1, -0.05) is 62.9 Å². The number of benzene rings is 1. The molecule has 35 heavy (non-hydrogen) atoms. The van der Waals surface area contributed by atoms with E-state index in [1.807, 2.05) is 37.3 Å². The van der Waals surface area contributed by atoms with Gasteiger partial charge in [0.15, 0.2) is 5.78 Å². The smallest absolute Gasteiger partial charge is 0.230 e. The highest BCUT2D eigenvalue weighted by molar-refractivity contribution is 5.91. The number of nitrogens with one attached hydrogen (secondary N) is 1. The maximum absolute atomic E-state index is 13.9. The van der Waals surface area contributed by atoms with E-state index in [1.54, 1.807) is 19.1 Å². The third kappa shape index (κ3) is 3.47. The molecule has 4 aliphatic rings. The van der Waals surface area contributed by atoms with Crippen LogP contribution >= 0.6 is 0 Å². The number of Topliss-reactive ketones (excluding diaryl/α,β-unsaturated/α-hetero) is 1. The van der Waals surface area contributed by atoms with Crippen molar-refractivity contribution in [3.05, 3.63) is 60.2 Å². The first-order valence-corrected chi connectivity index (χ1v) is 12.5. The minimum atomic E-state index is -1.79. The Morgan fingerprint density at radius 3 is 2.54 bits per heavy atom. The molecule has 7 heteroatoms. The van der Waals surface area contributed by atoms with Crippen molar-refractivity contribution in [2.75, 3.05) is 0 Å². The monoisotopic (exact) mass is 481 g/mol. The molecule has 11 atom stereocenters. The predicted octanol–water partition coefficient (Wildman–Crippen LogP) is 1.56. The molecule has 188 valence electrons. The van der Waals surface area contributed by atoms with Crippen LogP contribution in [0.15, 0.2) is 54.6 Å². The Morgan fingerprint density at radius 2 is 1.86 bits per heavy atom. The molecule has 1 aromatic carbocycles. The normalized spacial score (nSPS) is 48.2. The van der Waals surface area contributed by atoms with Crippen molar-refractivity contribution in [3.63, 3.8) is 0 Å². The fourth-order valence-corrected chi connectivity index (χ4v) is 7.10. The van der Waals surface area contributed by atoms with Gasteiger partial charge in [0, 0.05) is 23.8 Å². The Labute approximate surface area is 205 Å². The molecule has 4 N–H and O–H groups in total. The molecule has 0 bridgehead atoms. The quantitative estimate of drug-likeness (QED) is 0.376. The number of aliphatic hydroxyl groups excluding tert-OH is 2. The van der Waals surface area contributed by atoms with Gasteiger partial charge >= 0.3 is 0 Å². The number of amides is 1. The number of hydrogen-bond acceptors (Lipinski definition) is 6. The summed E-state index contributed by atoms with van der Waals surface area (Å²) in [5, 5.41) is 37.5. The minimum absolute atomic E-state index is 0.264. The van der Waals surface area contributed by atoms with Gasteiger partial charge in [0.2, 0.25) is 5.91 Å². The summed E-state index contributed by atoms with van der Waals surface area (Å²) in [5.41, 5.74) is -1.50. The zero-order valence-electron chi connectivity index (χ0n) is 20.4. The van der Waals surface area contributed by atoms with Gasteiger partial charge in [-0.15, -0.1) is 0 Å². The molecule has 3 unspecified atom stereocenters. The summed E-state index contributed by atoms with van der Waals surface area (Å²) < 4.78 is 5.76. The van der Waals surface area contributed by atoms with Gasteiger partial charge in [0.05, 0.1) is 17.6 Å². The van der Waals surface area contributed by atoms with Crippen molar-refractivity contribution >= 4 is 11.7 Å². The van der Waals surface area contributed by atoms with Crippen LogP contribution in [0.25, 0.3) is 0 Å². The van der Waals surface area contributed by atoms with Crippen LogP contribution in [-0.2, 0) is 20.7 Å². The van der Waals surface area contributed by atoms with Crippen LogP contribution < -0.4 is 5.32 Å². The van der Waals surface area contributed by atoms with Crippen LogP contribution in [0, 0.1) is 29.1 Å². The topological polar surface area (TPSA) is 119 Å². The Bertz CT molecular complexity index is 1070. The lowest BCUT2D eigenvalue weighted by Crippen LogP contribution is -2.61. The van der Waals surface area contributed by atoms with Crippen LogP contribution in [0.2, 0.25) is 0 Å². The first-order chi connectivity index (χ1) is 16.5. The summed E-state index contributed by atoms with van der Waals surface area (Å²) >= 11 is 0. The molecule has 0 radical (unpaired) electrons. The SMILES string of the molecule is C=C1[C@@H](C)[C@H]2[C@H](Cc3ccccc3)NC(=O)C23[C@H](O)C2OC2[C@@](C)(O)C(=O)[C@@H](C)C/C=C/[C@H]3[C@@H]1O. The Balaban J connectivity index is 1.64. The number of carbonyl (C=O) groups is 2. The number of fused-ring (bicyclic) bond motifs is 1. The summed E-state index contributed by atoms with van der Waals surface area (Å²) in [4.78, 5) is 26.9. The second-order valence-corrected chi connectivity index (χ2v) is 11.1. The van der Waals surface area contributed by atoms with Gasteiger partial charge in [-0.05, 0) is 36.8 Å². The summed E-state index contributed by atoms with van der Waals surface area (Å²) in [6, 6.07) is 9.55. The molecule has 3 fully saturated rings. The van der Waals surface area contributed by atoms with Gasteiger partial charge in [0.25, 0.3) is 0 Å². The summed E-state index contributed by atoms with van der Waals surface area (Å²) in [6.07, 6.45) is 0.273. The number of epoxide rings is 1. The van der Waals surface area contributed by atoms with E-state index in [1.165, 1.54) is 6.92 Å². The second kappa shape index (κ2) is 8.37. The van der Waals surface area contributed by atoms with E-state index in [4.69, 9.17) is 4.74 Å². The number of ketones is 1. The first kappa shape index (κ1) is 24.4. The van der Waals surface area contributed by atoms with Crippen molar-refractivity contribution < 1.29 is 29.6 Å². The fourth-order valence-electron chi connectivity index (χ4n) is 7.10. The molecular formula is C28H35NO6. The third-order valence-electron chi connectivity index (χ3n) is 9.05. The molecule has 2 heterocycles. The molecule has 7 nitrogen and oxygen atoms in total. The number of ether oxygens (including phenoxy) is 1. The standard InChI is InChI=1S/C28H35NO6/c1-14-9-8-12-18-21(30)16(3)15(2)20-19(13-17-10-6-5-7-11-17)29-26(33)28(18,20)24(32)22-25(35-22)27(4,34)23(14)31/h5-8,10-12,14-15,18-22,24-25,30,32,34H,3,9,13H2,1-2,4H3,(H,29,33)/b12-8+/t14-,15+,18-,19-,20-,21+,22?,24+,25?,27-,28?/m0/s1.